The SMILES string of the molecule is CC.Cc1cc(-c2[nH]c3cc(-c4nc(C5CCNCC5)no4)sc3c2C(C)C)cn2ncnc12. The number of piperidine rings is 1. The lowest BCUT2D eigenvalue weighted by atomic mass is 9.98. The fourth-order valence-corrected chi connectivity index (χ4v) is 5.93. The van der Waals surface area contributed by atoms with Crippen molar-refractivity contribution in [2.75, 3.05) is 13.1 Å². The molecule has 0 radical (unpaired) electrons. The topological polar surface area (TPSA) is 96.9 Å². The smallest absolute Gasteiger partial charge is 0.268 e. The number of fused-ring (bicyclic) bond motifs is 2. The zero-order chi connectivity index (χ0) is 23.8. The van der Waals surface area contributed by atoms with Crippen LogP contribution in [-0.2, 0) is 0 Å². The highest BCUT2D eigenvalue weighted by Crippen LogP contribution is 2.42. The van der Waals surface area contributed by atoms with E-state index in [1.807, 2.05) is 24.6 Å². The van der Waals surface area contributed by atoms with Gasteiger partial charge in [-0.25, -0.2) is 9.50 Å². The number of aromatic nitrogens is 6. The Hall–Kier alpha value is -3.04. The fraction of sp³-hybridized carbons (Fsp3) is 0.440. The standard InChI is InChI=1S/C23H25N7OS.C2H6/c1-12(2)18-19(15-8-13(3)22-25-11-26-30(22)10-15)27-16-9-17(32-20(16)18)23-28-21(29-31-23)14-4-6-24-7-5-14;1-2/h8-12,14,24,27H,4-7H2,1-3H3;1-2H3. The van der Waals surface area contributed by atoms with Gasteiger partial charge in [0.1, 0.15) is 6.33 Å². The van der Waals surface area contributed by atoms with E-state index in [4.69, 9.17) is 9.51 Å². The molecule has 1 saturated heterocycles. The number of aromatic amines is 1. The fourth-order valence-electron chi connectivity index (χ4n) is 4.69. The van der Waals surface area contributed by atoms with Gasteiger partial charge in [-0.15, -0.1) is 11.3 Å². The normalized spacial score (nSPS) is 14.8. The minimum atomic E-state index is 0.352. The van der Waals surface area contributed by atoms with E-state index in [0.29, 0.717) is 17.7 Å². The van der Waals surface area contributed by atoms with Crippen LogP contribution in [0.2, 0.25) is 0 Å². The van der Waals surface area contributed by atoms with Crippen LogP contribution in [0.3, 0.4) is 0 Å². The molecule has 5 aromatic heterocycles. The van der Waals surface area contributed by atoms with Crippen molar-refractivity contribution in [3.05, 3.63) is 41.6 Å². The van der Waals surface area contributed by atoms with Crippen molar-refractivity contribution in [3.8, 4) is 22.0 Å². The molecule has 6 rings (SSSR count). The van der Waals surface area contributed by atoms with E-state index in [2.05, 4.69) is 58.4 Å². The molecule has 1 fully saturated rings. The van der Waals surface area contributed by atoms with Crippen LogP contribution in [-0.4, -0.2) is 42.8 Å². The third-order valence-electron chi connectivity index (χ3n) is 6.29. The summed E-state index contributed by atoms with van der Waals surface area (Å²) < 4.78 is 8.75. The summed E-state index contributed by atoms with van der Waals surface area (Å²) in [7, 11) is 0. The predicted molar refractivity (Wildman–Crippen MR) is 136 cm³/mol. The van der Waals surface area contributed by atoms with Crippen molar-refractivity contribution in [2.45, 2.75) is 59.3 Å². The number of nitrogens with one attached hydrogen (secondary N) is 2. The molecule has 9 heteroatoms. The molecule has 0 unspecified atom stereocenters. The van der Waals surface area contributed by atoms with Gasteiger partial charge < -0.3 is 14.8 Å². The van der Waals surface area contributed by atoms with Crippen LogP contribution in [0.1, 0.15) is 69.3 Å². The molecule has 6 heterocycles. The lowest BCUT2D eigenvalue weighted by molar-refractivity contribution is 0.392. The van der Waals surface area contributed by atoms with Gasteiger partial charge in [0.2, 0.25) is 0 Å². The van der Waals surface area contributed by atoms with E-state index in [1.54, 1.807) is 17.7 Å². The largest absolute Gasteiger partial charge is 0.354 e. The van der Waals surface area contributed by atoms with E-state index < -0.39 is 0 Å². The average molecular weight is 478 g/mol. The van der Waals surface area contributed by atoms with Crippen molar-refractivity contribution in [1.29, 1.82) is 0 Å². The summed E-state index contributed by atoms with van der Waals surface area (Å²) in [5.41, 5.74) is 6.63. The summed E-state index contributed by atoms with van der Waals surface area (Å²) in [5.74, 6) is 2.18. The number of aryl methyl sites for hydroxylation is 1. The molecule has 0 saturated carbocycles. The molecule has 0 atom stereocenters. The molecular formula is C25H31N7OS. The molecule has 178 valence electrons. The first kappa shape index (κ1) is 22.7. The highest BCUT2D eigenvalue weighted by molar-refractivity contribution is 7.22. The Morgan fingerprint density at radius 3 is 2.74 bits per heavy atom. The number of rotatable bonds is 4. The maximum absolute atomic E-state index is 5.67. The van der Waals surface area contributed by atoms with Gasteiger partial charge in [-0.3, -0.25) is 0 Å². The zero-order valence-electron chi connectivity index (χ0n) is 20.3. The summed E-state index contributed by atoms with van der Waals surface area (Å²) in [6, 6.07) is 4.31. The summed E-state index contributed by atoms with van der Waals surface area (Å²) in [4.78, 5) is 13.8. The number of nitrogens with zero attached hydrogens (tertiary/aromatic N) is 5. The second kappa shape index (κ2) is 9.31. The van der Waals surface area contributed by atoms with Crippen molar-refractivity contribution >= 4 is 27.2 Å². The third kappa shape index (κ3) is 3.92. The third-order valence-corrected chi connectivity index (χ3v) is 7.44. The molecule has 0 spiro atoms. The van der Waals surface area contributed by atoms with Crippen LogP contribution in [0, 0.1) is 6.92 Å². The van der Waals surface area contributed by atoms with Crippen LogP contribution in [0.5, 0.6) is 0 Å². The van der Waals surface area contributed by atoms with Gasteiger partial charge in [-0.05, 0) is 62.0 Å². The molecular weight excluding hydrogens is 446 g/mol. The molecule has 1 aliphatic rings. The first-order valence-corrected chi connectivity index (χ1v) is 12.9. The van der Waals surface area contributed by atoms with E-state index in [-0.39, 0.29) is 0 Å². The second-order valence-corrected chi connectivity index (χ2v) is 9.90. The van der Waals surface area contributed by atoms with Gasteiger partial charge >= 0.3 is 0 Å². The number of pyridine rings is 1. The van der Waals surface area contributed by atoms with Gasteiger partial charge in [0.05, 0.1) is 20.8 Å². The zero-order valence-corrected chi connectivity index (χ0v) is 21.2. The minimum Gasteiger partial charge on any atom is -0.354 e. The molecule has 0 amide bonds. The van der Waals surface area contributed by atoms with Crippen LogP contribution in [0.4, 0.5) is 0 Å². The second-order valence-electron chi connectivity index (χ2n) is 8.84. The van der Waals surface area contributed by atoms with Crippen LogP contribution < -0.4 is 5.32 Å². The Morgan fingerprint density at radius 2 is 1.97 bits per heavy atom. The van der Waals surface area contributed by atoms with Gasteiger partial charge in [0.15, 0.2) is 11.5 Å². The quantitative estimate of drug-likeness (QED) is 0.334. The lowest BCUT2D eigenvalue weighted by Gasteiger charge is -2.18. The summed E-state index contributed by atoms with van der Waals surface area (Å²) in [6.45, 7) is 12.6. The Kier molecular flexibility index (Phi) is 6.22. The predicted octanol–water partition coefficient (Wildman–Crippen LogP) is 5.91. The number of hydrogen-bond donors (Lipinski definition) is 2. The first-order chi connectivity index (χ1) is 16.6. The summed E-state index contributed by atoms with van der Waals surface area (Å²) in [5, 5.41) is 12.0. The van der Waals surface area contributed by atoms with Crippen LogP contribution in [0.15, 0.2) is 29.2 Å². The Labute approximate surface area is 202 Å². The lowest BCUT2D eigenvalue weighted by Crippen LogP contribution is -2.27. The average Bonchev–Trinajstić information content (AvgIpc) is 3.63. The first-order valence-electron chi connectivity index (χ1n) is 12.1. The van der Waals surface area contributed by atoms with Crippen molar-refractivity contribution in [1.82, 2.24) is 35.0 Å². The van der Waals surface area contributed by atoms with E-state index >= 15 is 0 Å². The van der Waals surface area contributed by atoms with Crippen LogP contribution in [0.25, 0.3) is 37.9 Å². The van der Waals surface area contributed by atoms with Gasteiger partial charge in [-0.1, -0.05) is 32.9 Å². The number of hydrogen-bond acceptors (Lipinski definition) is 7. The van der Waals surface area contributed by atoms with Crippen LogP contribution >= 0.6 is 11.3 Å². The van der Waals surface area contributed by atoms with Gasteiger partial charge in [0, 0.05) is 17.7 Å². The van der Waals surface area contributed by atoms with Crippen molar-refractivity contribution in [3.63, 3.8) is 0 Å². The molecule has 0 bridgehead atoms. The van der Waals surface area contributed by atoms with Gasteiger partial charge in [-0.2, -0.15) is 10.1 Å². The Morgan fingerprint density at radius 1 is 1.18 bits per heavy atom. The van der Waals surface area contributed by atoms with Crippen molar-refractivity contribution in [2.24, 2.45) is 0 Å². The minimum absolute atomic E-state index is 0.352. The van der Waals surface area contributed by atoms with E-state index in [9.17, 15) is 0 Å². The molecule has 34 heavy (non-hydrogen) atoms. The summed E-state index contributed by atoms with van der Waals surface area (Å²) in [6.07, 6.45) is 5.75. The maximum atomic E-state index is 5.67. The Balaban J connectivity index is 0.00000117. The van der Waals surface area contributed by atoms with Gasteiger partial charge in [0.25, 0.3) is 5.89 Å². The van der Waals surface area contributed by atoms with Crippen molar-refractivity contribution < 1.29 is 4.52 Å². The molecule has 2 N–H and O–H groups in total. The van der Waals surface area contributed by atoms with E-state index in [0.717, 1.165) is 64.6 Å². The molecule has 5 aromatic rings. The highest BCUT2D eigenvalue weighted by atomic mass is 32.1. The summed E-state index contributed by atoms with van der Waals surface area (Å²) >= 11 is 1.72. The molecule has 8 nitrogen and oxygen atoms in total. The maximum Gasteiger partial charge on any atom is 0.268 e. The number of thiophene rings is 1. The van der Waals surface area contributed by atoms with E-state index in [1.165, 1.54) is 10.3 Å². The highest BCUT2D eigenvalue weighted by Gasteiger charge is 2.24. The number of H-pyrrole nitrogens is 1. The monoisotopic (exact) mass is 477 g/mol. The Bertz CT molecular complexity index is 1420. The molecule has 0 aliphatic carbocycles. The molecule has 1 aliphatic heterocycles. The molecule has 0 aromatic carbocycles.